The molecule has 0 aliphatic carbocycles. The van der Waals surface area contributed by atoms with Gasteiger partial charge < -0.3 is 10.1 Å². The van der Waals surface area contributed by atoms with Crippen molar-refractivity contribution in [2.45, 2.75) is 58.8 Å². The summed E-state index contributed by atoms with van der Waals surface area (Å²) in [4.78, 5) is 22.9. The van der Waals surface area contributed by atoms with Crippen LogP contribution in [0, 0.1) is 5.92 Å². The van der Waals surface area contributed by atoms with Gasteiger partial charge in [-0.05, 0) is 19.3 Å². The SMILES string of the molecule is COCCCCCCNC(=O)CCCC(=O)C(C)C. The number of rotatable bonds is 12. The maximum absolute atomic E-state index is 11.5. The van der Waals surface area contributed by atoms with E-state index in [0.717, 1.165) is 38.8 Å². The highest BCUT2D eigenvalue weighted by molar-refractivity contribution is 5.81. The van der Waals surface area contributed by atoms with Crippen LogP contribution in [0.1, 0.15) is 58.8 Å². The third-order valence-corrected chi connectivity index (χ3v) is 3.07. The lowest BCUT2D eigenvalue weighted by molar-refractivity contribution is -0.122. The molecule has 1 N–H and O–H groups in total. The molecule has 4 heteroatoms. The number of hydrogen-bond acceptors (Lipinski definition) is 3. The van der Waals surface area contributed by atoms with Crippen LogP contribution >= 0.6 is 0 Å². The molecular formula is C15H29NO3. The predicted molar refractivity (Wildman–Crippen MR) is 77.0 cm³/mol. The molecule has 0 fully saturated rings. The van der Waals surface area contributed by atoms with E-state index in [9.17, 15) is 9.59 Å². The Morgan fingerprint density at radius 1 is 1.00 bits per heavy atom. The van der Waals surface area contributed by atoms with Crippen LogP contribution < -0.4 is 5.32 Å². The monoisotopic (exact) mass is 271 g/mol. The average molecular weight is 271 g/mol. The minimum Gasteiger partial charge on any atom is -0.385 e. The number of unbranched alkanes of at least 4 members (excludes halogenated alkanes) is 3. The molecule has 0 aliphatic heterocycles. The Balaban J connectivity index is 3.33. The molecule has 0 aromatic carbocycles. The van der Waals surface area contributed by atoms with Crippen molar-refractivity contribution in [2.24, 2.45) is 5.92 Å². The minimum atomic E-state index is 0.0634. The highest BCUT2D eigenvalue weighted by atomic mass is 16.5. The van der Waals surface area contributed by atoms with E-state index in [-0.39, 0.29) is 17.6 Å². The quantitative estimate of drug-likeness (QED) is 0.555. The molecule has 0 saturated heterocycles. The average Bonchev–Trinajstić information content (AvgIpc) is 2.37. The lowest BCUT2D eigenvalue weighted by atomic mass is 10.0. The van der Waals surface area contributed by atoms with Crippen molar-refractivity contribution in [3.63, 3.8) is 0 Å². The molecule has 0 heterocycles. The molecule has 0 radical (unpaired) electrons. The van der Waals surface area contributed by atoms with Crippen molar-refractivity contribution >= 4 is 11.7 Å². The molecule has 0 saturated carbocycles. The third-order valence-electron chi connectivity index (χ3n) is 3.07. The van der Waals surface area contributed by atoms with Crippen molar-refractivity contribution in [2.75, 3.05) is 20.3 Å². The zero-order valence-corrected chi connectivity index (χ0v) is 12.7. The summed E-state index contributed by atoms with van der Waals surface area (Å²) < 4.78 is 4.97. The Labute approximate surface area is 117 Å². The van der Waals surface area contributed by atoms with Crippen LogP contribution in [0.25, 0.3) is 0 Å². The van der Waals surface area contributed by atoms with E-state index in [1.807, 2.05) is 13.8 Å². The van der Waals surface area contributed by atoms with Crippen LogP contribution in [0.3, 0.4) is 0 Å². The van der Waals surface area contributed by atoms with Crippen molar-refractivity contribution in [3.05, 3.63) is 0 Å². The van der Waals surface area contributed by atoms with Gasteiger partial charge in [0.2, 0.25) is 5.91 Å². The fourth-order valence-corrected chi connectivity index (χ4v) is 1.75. The van der Waals surface area contributed by atoms with E-state index in [1.165, 1.54) is 0 Å². The van der Waals surface area contributed by atoms with E-state index >= 15 is 0 Å². The largest absolute Gasteiger partial charge is 0.385 e. The molecule has 0 unspecified atom stereocenters. The fraction of sp³-hybridized carbons (Fsp3) is 0.867. The second kappa shape index (κ2) is 12.2. The Bertz CT molecular complexity index is 252. The molecule has 0 rings (SSSR count). The fourth-order valence-electron chi connectivity index (χ4n) is 1.75. The van der Waals surface area contributed by atoms with Crippen LogP contribution in [0.15, 0.2) is 0 Å². The van der Waals surface area contributed by atoms with Crippen molar-refractivity contribution in [3.8, 4) is 0 Å². The van der Waals surface area contributed by atoms with Crippen LogP contribution in [0.5, 0.6) is 0 Å². The first-order valence-corrected chi connectivity index (χ1v) is 7.36. The highest BCUT2D eigenvalue weighted by Gasteiger charge is 2.08. The van der Waals surface area contributed by atoms with Crippen LogP contribution in [-0.2, 0) is 14.3 Å². The number of ketones is 1. The molecule has 1 amide bonds. The smallest absolute Gasteiger partial charge is 0.220 e. The first-order chi connectivity index (χ1) is 9.07. The van der Waals surface area contributed by atoms with Gasteiger partial charge in [0, 0.05) is 39.0 Å². The van der Waals surface area contributed by atoms with Gasteiger partial charge in [-0.3, -0.25) is 9.59 Å². The van der Waals surface area contributed by atoms with Gasteiger partial charge in [0.05, 0.1) is 0 Å². The van der Waals surface area contributed by atoms with Crippen LogP contribution in [-0.4, -0.2) is 32.0 Å². The molecule has 4 nitrogen and oxygen atoms in total. The van der Waals surface area contributed by atoms with Crippen LogP contribution in [0.2, 0.25) is 0 Å². The summed E-state index contributed by atoms with van der Waals surface area (Å²) in [6, 6.07) is 0. The van der Waals surface area contributed by atoms with Gasteiger partial charge >= 0.3 is 0 Å². The van der Waals surface area contributed by atoms with Gasteiger partial charge in [-0.25, -0.2) is 0 Å². The number of nitrogens with one attached hydrogen (secondary N) is 1. The highest BCUT2D eigenvalue weighted by Crippen LogP contribution is 2.04. The zero-order valence-electron chi connectivity index (χ0n) is 12.7. The topological polar surface area (TPSA) is 55.4 Å². The van der Waals surface area contributed by atoms with Crippen LogP contribution in [0.4, 0.5) is 0 Å². The minimum absolute atomic E-state index is 0.0634. The predicted octanol–water partition coefficient (Wildman–Crippen LogP) is 2.70. The lowest BCUT2D eigenvalue weighted by Crippen LogP contribution is -2.24. The number of carbonyl (C=O) groups is 2. The Kier molecular flexibility index (Phi) is 11.6. The van der Waals surface area contributed by atoms with Crippen molar-refractivity contribution in [1.29, 1.82) is 0 Å². The molecule has 0 aliphatic rings. The van der Waals surface area contributed by atoms with Gasteiger partial charge in [-0.1, -0.05) is 26.7 Å². The lowest BCUT2D eigenvalue weighted by Gasteiger charge is -2.06. The molecule has 0 spiro atoms. The number of Topliss-reactive ketones (excluding diaryl/α,β-unsaturated/α-hetero) is 1. The number of methoxy groups -OCH3 is 1. The Hall–Kier alpha value is -0.900. The molecule has 0 atom stereocenters. The number of amides is 1. The third kappa shape index (κ3) is 11.9. The van der Waals surface area contributed by atoms with Gasteiger partial charge in [-0.2, -0.15) is 0 Å². The number of carbonyl (C=O) groups excluding carboxylic acids is 2. The maximum atomic E-state index is 11.5. The second-order valence-corrected chi connectivity index (χ2v) is 5.23. The van der Waals surface area contributed by atoms with Gasteiger partial charge in [0.1, 0.15) is 5.78 Å². The standard InChI is InChI=1S/C15H29NO3/c1-13(2)14(17)9-8-10-15(18)16-11-6-4-5-7-12-19-3/h13H,4-12H2,1-3H3,(H,16,18). The number of hydrogen-bond donors (Lipinski definition) is 1. The van der Waals surface area contributed by atoms with E-state index < -0.39 is 0 Å². The molecule has 0 aromatic heterocycles. The normalized spacial score (nSPS) is 10.7. The second-order valence-electron chi connectivity index (χ2n) is 5.23. The summed E-state index contributed by atoms with van der Waals surface area (Å²) in [6.45, 7) is 5.35. The van der Waals surface area contributed by atoms with Crippen molar-refractivity contribution in [1.82, 2.24) is 5.32 Å². The van der Waals surface area contributed by atoms with E-state index in [0.29, 0.717) is 19.3 Å². The molecule has 0 aromatic rings. The zero-order chi connectivity index (χ0) is 14.5. The van der Waals surface area contributed by atoms with Crippen molar-refractivity contribution < 1.29 is 14.3 Å². The van der Waals surface area contributed by atoms with Gasteiger partial charge in [0.25, 0.3) is 0 Å². The first kappa shape index (κ1) is 18.1. The summed E-state index contributed by atoms with van der Waals surface area (Å²) in [5.74, 6) is 0.384. The summed E-state index contributed by atoms with van der Waals surface area (Å²) >= 11 is 0. The molecule has 19 heavy (non-hydrogen) atoms. The van der Waals surface area contributed by atoms with Gasteiger partial charge in [0.15, 0.2) is 0 Å². The summed E-state index contributed by atoms with van der Waals surface area (Å²) in [5, 5.41) is 2.90. The summed E-state index contributed by atoms with van der Waals surface area (Å²) in [7, 11) is 1.71. The van der Waals surface area contributed by atoms with E-state index in [2.05, 4.69) is 5.32 Å². The molecule has 112 valence electrons. The van der Waals surface area contributed by atoms with E-state index in [1.54, 1.807) is 7.11 Å². The van der Waals surface area contributed by atoms with E-state index in [4.69, 9.17) is 4.74 Å². The Morgan fingerprint density at radius 3 is 2.32 bits per heavy atom. The summed E-state index contributed by atoms with van der Waals surface area (Å²) in [5.41, 5.74) is 0. The maximum Gasteiger partial charge on any atom is 0.220 e. The first-order valence-electron chi connectivity index (χ1n) is 7.36. The van der Waals surface area contributed by atoms with Gasteiger partial charge in [-0.15, -0.1) is 0 Å². The summed E-state index contributed by atoms with van der Waals surface area (Å²) in [6.07, 6.45) is 6.01. The number of ether oxygens (including phenoxy) is 1. The molecule has 0 bridgehead atoms. The Morgan fingerprint density at radius 2 is 1.68 bits per heavy atom. The molecular weight excluding hydrogens is 242 g/mol.